The Morgan fingerprint density at radius 3 is 2.52 bits per heavy atom. The first kappa shape index (κ1) is 31.4. The van der Waals surface area contributed by atoms with Crippen molar-refractivity contribution >= 4 is 55.8 Å². The molecule has 3 rings (SSSR count). The third-order valence-electron chi connectivity index (χ3n) is 5.57. The summed E-state index contributed by atoms with van der Waals surface area (Å²) in [5.41, 5.74) is -1.33. The van der Waals surface area contributed by atoms with Gasteiger partial charge < -0.3 is 10.6 Å². The van der Waals surface area contributed by atoms with Crippen molar-refractivity contribution in [3.05, 3.63) is 69.1 Å². The van der Waals surface area contributed by atoms with E-state index in [4.69, 9.17) is 28.3 Å². The molecular weight excluding hydrogens is 592 g/mol. The molecule has 216 valence electrons. The smallest absolute Gasteiger partial charge is 0.352 e. The topological polar surface area (TPSA) is 132 Å². The summed E-state index contributed by atoms with van der Waals surface area (Å²) in [5, 5.41) is 16.0. The first-order valence-electron chi connectivity index (χ1n) is 12.0. The zero-order valence-corrected chi connectivity index (χ0v) is 23.8. The van der Waals surface area contributed by atoms with Crippen molar-refractivity contribution in [2.75, 3.05) is 18.1 Å². The molecule has 4 N–H and O–H groups in total. The molecule has 15 heteroatoms. The fraction of sp³-hybridized carbons (Fsp3) is 0.320. The average molecular weight is 619 g/mol. The number of nitrogens with two attached hydrogens (primary N) is 1. The van der Waals surface area contributed by atoms with Crippen LogP contribution >= 0.6 is 23.2 Å². The molecule has 1 aromatic carbocycles. The van der Waals surface area contributed by atoms with Gasteiger partial charge in [0.05, 0.1) is 16.3 Å². The predicted octanol–water partition coefficient (Wildman–Crippen LogP) is 5.03. The lowest BCUT2D eigenvalue weighted by atomic mass is 10.1. The Bertz CT molecular complexity index is 1530. The number of anilines is 1. The maximum atomic E-state index is 13.5. The van der Waals surface area contributed by atoms with Crippen molar-refractivity contribution in [1.29, 1.82) is 0 Å². The molecule has 1 atom stereocenters. The fourth-order valence-electron chi connectivity index (χ4n) is 3.70. The number of nitrogens with zero attached hydrogens (tertiary/aromatic N) is 3. The first-order chi connectivity index (χ1) is 18.7. The van der Waals surface area contributed by atoms with Crippen LogP contribution in [0.25, 0.3) is 5.82 Å². The number of hydrogen-bond donors (Lipinski definition) is 3. The molecule has 0 radical (unpaired) electrons. The van der Waals surface area contributed by atoms with Crippen molar-refractivity contribution in [2.24, 2.45) is 5.14 Å². The SMILES string of the molecule is Cc1cc(Cl)cc(C(=O)NCCCCCC=S(C)(N)=O)c1NC(=O)c1cc(C(F)(F)F)nn1-c1ncccc1Cl. The molecule has 0 fully saturated rings. The average Bonchev–Trinajstić information content (AvgIpc) is 3.30. The van der Waals surface area contributed by atoms with Gasteiger partial charge in [0.1, 0.15) is 5.69 Å². The number of amides is 2. The van der Waals surface area contributed by atoms with Crippen LogP contribution in [0, 0.1) is 6.92 Å². The van der Waals surface area contributed by atoms with Gasteiger partial charge in [-0.15, -0.1) is 0 Å². The van der Waals surface area contributed by atoms with Crippen LogP contribution in [0.2, 0.25) is 10.0 Å². The fourth-order valence-corrected chi connectivity index (χ4v) is 4.81. The number of alkyl halides is 3. The van der Waals surface area contributed by atoms with Crippen molar-refractivity contribution < 1.29 is 27.0 Å². The number of aryl methyl sites for hydroxylation is 1. The summed E-state index contributed by atoms with van der Waals surface area (Å²) in [7, 11) is -2.40. The molecule has 1 unspecified atom stereocenters. The number of pyridine rings is 1. The van der Waals surface area contributed by atoms with Crippen molar-refractivity contribution in [1.82, 2.24) is 20.1 Å². The van der Waals surface area contributed by atoms with Crippen molar-refractivity contribution in [3.63, 3.8) is 0 Å². The number of carbonyl (C=O) groups is 2. The van der Waals surface area contributed by atoms with E-state index < -0.39 is 39.1 Å². The quantitative estimate of drug-likeness (QED) is 0.216. The molecule has 0 bridgehead atoms. The zero-order chi connectivity index (χ0) is 29.7. The van der Waals surface area contributed by atoms with Gasteiger partial charge in [0.2, 0.25) is 0 Å². The summed E-state index contributed by atoms with van der Waals surface area (Å²) < 4.78 is 52.6. The van der Waals surface area contributed by atoms with Gasteiger partial charge in [0.15, 0.2) is 11.5 Å². The summed E-state index contributed by atoms with van der Waals surface area (Å²) in [5.74, 6) is -1.70. The van der Waals surface area contributed by atoms with E-state index in [1.54, 1.807) is 12.3 Å². The van der Waals surface area contributed by atoms with E-state index in [9.17, 15) is 27.0 Å². The summed E-state index contributed by atoms with van der Waals surface area (Å²) in [6, 6.07) is 6.29. The third kappa shape index (κ3) is 8.43. The van der Waals surface area contributed by atoms with E-state index in [0.717, 1.165) is 12.8 Å². The Morgan fingerprint density at radius 1 is 1.15 bits per heavy atom. The number of halogens is 5. The molecule has 9 nitrogen and oxygen atoms in total. The number of carbonyl (C=O) groups excluding carboxylic acids is 2. The van der Waals surface area contributed by atoms with E-state index >= 15 is 0 Å². The second-order valence-corrected chi connectivity index (χ2v) is 12.1. The second-order valence-electron chi connectivity index (χ2n) is 8.97. The number of hydrogen-bond acceptors (Lipinski definition) is 5. The zero-order valence-electron chi connectivity index (χ0n) is 21.5. The van der Waals surface area contributed by atoms with Crippen LogP contribution in [0.15, 0.2) is 36.5 Å². The highest BCUT2D eigenvalue weighted by Crippen LogP contribution is 2.31. The lowest BCUT2D eigenvalue weighted by Crippen LogP contribution is -2.27. The second kappa shape index (κ2) is 13.0. The largest absolute Gasteiger partial charge is 0.435 e. The van der Waals surface area contributed by atoms with Crippen LogP contribution in [0.1, 0.15) is 57.8 Å². The molecule has 0 aliphatic rings. The Hall–Kier alpha value is -3.13. The Balaban J connectivity index is 1.83. The molecule has 0 aliphatic heterocycles. The molecular formula is C25H27Cl2F3N6O3S. The van der Waals surface area contributed by atoms with Gasteiger partial charge in [0.25, 0.3) is 11.8 Å². The molecule has 40 heavy (non-hydrogen) atoms. The highest BCUT2D eigenvalue weighted by molar-refractivity contribution is 7.98. The summed E-state index contributed by atoms with van der Waals surface area (Å²) in [4.78, 5) is 30.3. The van der Waals surface area contributed by atoms with Gasteiger partial charge in [-0.1, -0.05) is 29.6 Å². The van der Waals surface area contributed by atoms with Crippen LogP contribution in [0.4, 0.5) is 18.9 Å². The maximum absolute atomic E-state index is 13.5. The molecule has 0 saturated carbocycles. The molecule has 2 aromatic heterocycles. The summed E-state index contributed by atoms with van der Waals surface area (Å²) in [6.07, 6.45) is 0.589. The third-order valence-corrected chi connectivity index (χ3v) is 6.98. The van der Waals surface area contributed by atoms with Gasteiger partial charge >= 0.3 is 6.18 Å². The standard InChI is InChI=1S/C25H27Cl2F3N6O3S/c1-15-12-16(26)13-17(23(37)33-9-5-3-4-6-11-40(2,31)39)21(15)34-24(38)19-14-20(25(28,29)30)35-36(19)22-18(27)8-7-10-32-22/h7-8,10-14H,3-6,9H2,1-2H3,(H2,31,39)(H,33,37)(H,34,38). The van der Waals surface area contributed by atoms with Crippen LogP contribution in [0.3, 0.4) is 0 Å². The minimum absolute atomic E-state index is 0.0264. The minimum Gasteiger partial charge on any atom is -0.352 e. The first-order valence-corrected chi connectivity index (χ1v) is 14.8. The number of aromatic nitrogens is 3. The van der Waals surface area contributed by atoms with Gasteiger partial charge in [-0.2, -0.15) is 18.3 Å². The highest BCUT2D eigenvalue weighted by Gasteiger charge is 2.37. The highest BCUT2D eigenvalue weighted by atomic mass is 35.5. The van der Waals surface area contributed by atoms with Gasteiger partial charge in [-0.3, -0.25) is 18.9 Å². The number of nitrogens with one attached hydrogen (secondary N) is 2. The monoisotopic (exact) mass is 618 g/mol. The number of rotatable bonds is 10. The lowest BCUT2D eigenvalue weighted by molar-refractivity contribution is -0.141. The van der Waals surface area contributed by atoms with E-state index in [-0.39, 0.29) is 27.1 Å². The number of unbranched alkanes of at least 4 members (excludes halogenated alkanes) is 3. The Labute approximate surface area is 239 Å². The predicted molar refractivity (Wildman–Crippen MR) is 151 cm³/mol. The van der Waals surface area contributed by atoms with E-state index in [1.807, 2.05) is 0 Å². The lowest BCUT2D eigenvalue weighted by Gasteiger charge is -2.15. The molecule has 0 spiro atoms. The summed E-state index contributed by atoms with van der Waals surface area (Å²) >= 11 is 12.3. The maximum Gasteiger partial charge on any atom is 0.435 e. The molecule has 2 heterocycles. The van der Waals surface area contributed by atoms with Gasteiger partial charge in [-0.05, 0) is 61.4 Å². The van der Waals surface area contributed by atoms with Crippen molar-refractivity contribution in [2.45, 2.75) is 38.8 Å². The Morgan fingerprint density at radius 2 is 1.88 bits per heavy atom. The van der Waals surface area contributed by atoms with E-state index in [1.165, 1.54) is 36.7 Å². The Kier molecular flexibility index (Phi) is 10.2. The number of benzene rings is 1. The normalized spacial score (nSPS) is 13.0. The van der Waals surface area contributed by atoms with Gasteiger partial charge in [0, 0.05) is 39.8 Å². The van der Waals surface area contributed by atoms with Gasteiger partial charge in [-0.25, -0.2) is 9.67 Å². The van der Waals surface area contributed by atoms with Crippen LogP contribution in [-0.4, -0.2) is 49.0 Å². The van der Waals surface area contributed by atoms with Crippen LogP contribution < -0.4 is 15.8 Å². The van der Waals surface area contributed by atoms with Crippen molar-refractivity contribution in [3.8, 4) is 5.82 Å². The molecule has 0 aliphatic carbocycles. The van der Waals surface area contributed by atoms with E-state index in [0.29, 0.717) is 35.7 Å². The van der Waals surface area contributed by atoms with E-state index in [2.05, 4.69) is 20.7 Å². The van der Waals surface area contributed by atoms with Crippen LogP contribution in [-0.2, 0) is 15.9 Å². The summed E-state index contributed by atoms with van der Waals surface area (Å²) in [6.45, 7) is 1.90. The molecule has 2 amide bonds. The molecule has 3 aromatic rings. The van der Waals surface area contributed by atoms with Crippen LogP contribution in [0.5, 0.6) is 0 Å². The molecule has 0 saturated heterocycles. The minimum atomic E-state index is -4.85.